The number of hydrogen-bond acceptors (Lipinski definition) is 4. The molecule has 2 aromatic heterocycles. The average Bonchev–Trinajstić information content (AvgIpc) is 2.71. The molecule has 0 aliphatic rings. The van der Waals surface area contributed by atoms with E-state index in [0.717, 1.165) is 27.0 Å². The zero-order chi connectivity index (χ0) is 15.6. The summed E-state index contributed by atoms with van der Waals surface area (Å²) >= 11 is 1.39. The Morgan fingerprint density at radius 1 is 1.33 bits per heavy atom. The number of aromatic nitrogens is 1. The molecule has 0 radical (unpaired) electrons. The molecule has 0 aromatic carbocycles. The number of aliphatic carboxylic acids is 1. The van der Waals surface area contributed by atoms with E-state index in [1.807, 2.05) is 26.8 Å². The number of aryl methyl sites for hydroxylation is 3. The van der Waals surface area contributed by atoms with Crippen molar-refractivity contribution in [3.63, 3.8) is 0 Å². The van der Waals surface area contributed by atoms with Gasteiger partial charge in [0.05, 0.1) is 4.88 Å². The van der Waals surface area contributed by atoms with Gasteiger partial charge >= 0.3 is 5.97 Å². The molecule has 0 atom stereocenters. The number of nitrogens with zero attached hydrogens (tertiary/aromatic N) is 1. The Morgan fingerprint density at radius 2 is 2.05 bits per heavy atom. The number of carboxylic acid groups (broad SMARTS) is 1. The fourth-order valence-electron chi connectivity index (χ4n) is 2.36. The molecule has 0 fully saturated rings. The van der Waals surface area contributed by atoms with Crippen LogP contribution >= 0.6 is 11.3 Å². The number of thiophene rings is 1. The molecular formula is C15H18N2O3S. The van der Waals surface area contributed by atoms with E-state index < -0.39 is 5.97 Å². The number of carboxylic acids is 1. The molecule has 0 saturated carbocycles. The van der Waals surface area contributed by atoms with Gasteiger partial charge in [-0.05, 0) is 44.4 Å². The van der Waals surface area contributed by atoms with Gasteiger partial charge in [-0.25, -0.2) is 4.98 Å². The molecule has 0 unspecified atom stereocenters. The first-order valence-electron chi connectivity index (χ1n) is 6.77. The summed E-state index contributed by atoms with van der Waals surface area (Å²) in [6, 6.07) is 2.01. The Hall–Kier alpha value is -1.95. The van der Waals surface area contributed by atoms with E-state index in [1.54, 1.807) is 0 Å². The highest BCUT2D eigenvalue weighted by Gasteiger charge is 2.17. The summed E-state index contributed by atoms with van der Waals surface area (Å²) in [5.74, 6) is -1.00. The number of nitrogens with one attached hydrogen (secondary N) is 1. The van der Waals surface area contributed by atoms with Gasteiger partial charge in [0.1, 0.15) is 4.83 Å². The van der Waals surface area contributed by atoms with Gasteiger partial charge in [-0.1, -0.05) is 0 Å². The van der Waals surface area contributed by atoms with Crippen molar-refractivity contribution in [1.29, 1.82) is 0 Å². The quantitative estimate of drug-likeness (QED) is 0.833. The van der Waals surface area contributed by atoms with Crippen molar-refractivity contribution >= 4 is 33.4 Å². The lowest BCUT2D eigenvalue weighted by molar-refractivity contribution is -0.137. The van der Waals surface area contributed by atoms with Crippen LogP contribution in [0.3, 0.4) is 0 Å². The van der Waals surface area contributed by atoms with Crippen LogP contribution in [0.2, 0.25) is 0 Å². The maximum Gasteiger partial charge on any atom is 0.303 e. The summed E-state index contributed by atoms with van der Waals surface area (Å²) in [4.78, 5) is 28.6. The molecule has 21 heavy (non-hydrogen) atoms. The minimum absolute atomic E-state index is 0.0610. The van der Waals surface area contributed by atoms with Crippen LogP contribution in [0.4, 0.5) is 0 Å². The first-order valence-corrected chi connectivity index (χ1v) is 7.59. The fourth-order valence-corrected chi connectivity index (χ4v) is 3.58. The molecular weight excluding hydrogens is 288 g/mol. The Morgan fingerprint density at radius 3 is 2.71 bits per heavy atom. The topological polar surface area (TPSA) is 79.3 Å². The molecule has 5 nitrogen and oxygen atoms in total. The van der Waals surface area contributed by atoms with Crippen molar-refractivity contribution in [2.24, 2.45) is 0 Å². The van der Waals surface area contributed by atoms with Crippen molar-refractivity contribution in [2.75, 3.05) is 6.54 Å². The molecule has 2 N–H and O–H groups in total. The van der Waals surface area contributed by atoms with Gasteiger partial charge < -0.3 is 10.4 Å². The summed E-state index contributed by atoms with van der Waals surface area (Å²) in [7, 11) is 0. The largest absolute Gasteiger partial charge is 0.481 e. The normalized spacial score (nSPS) is 10.8. The number of amides is 1. The van der Waals surface area contributed by atoms with Gasteiger partial charge in [-0.2, -0.15) is 0 Å². The number of carbonyl (C=O) groups excluding carboxylic acids is 1. The summed E-state index contributed by atoms with van der Waals surface area (Å²) in [5.41, 5.74) is 3.00. The smallest absolute Gasteiger partial charge is 0.303 e. The molecule has 112 valence electrons. The number of pyridine rings is 1. The monoisotopic (exact) mass is 306 g/mol. The standard InChI is InChI=1S/C15H18N2O3S/c1-8-7-9(2)17-15-12(8)10(3)13(21-15)14(20)16-6-4-5-11(18)19/h7H,4-6H2,1-3H3,(H,16,20)(H,18,19). The van der Waals surface area contributed by atoms with Crippen LogP contribution in [0.5, 0.6) is 0 Å². The molecule has 0 aliphatic heterocycles. The second kappa shape index (κ2) is 6.22. The number of rotatable bonds is 5. The maximum atomic E-state index is 12.2. The van der Waals surface area contributed by atoms with Gasteiger partial charge in [0.25, 0.3) is 5.91 Å². The molecule has 0 saturated heterocycles. The maximum absolute atomic E-state index is 12.2. The van der Waals surface area contributed by atoms with Gasteiger partial charge in [0, 0.05) is 24.0 Å². The Kier molecular flexibility index (Phi) is 4.57. The van der Waals surface area contributed by atoms with E-state index in [9.17, 15) is 9.59 Å². The van der Waals surface area contributed by atoms with Crippen molar-refractivity contribution < 1.29 is 14.7 Å². The SMILES string of the molecule is Cc1cc(C)c2c(C)c(C(=O)NCCCC(=O)O)sc2n1. The minimum Gasteiger partial charge on any atom is -0.481 e. The molecule has 2 aromatic rings. The lowest BCUT2D eigenvalue weighted by Crippen LogP contribution is -2.24. The number of hydrogen-bond donors (Lipinski definition) is 2. The van der Waals surface area contributed by atoms with Crippen molar-refractivity contribution in [3.8, 4) is 0 Å². The first-order chi connectivity index (χ1) is 9.90. The summed E-state index contributed by atoms with van der Waals surface area (Å²) < 4.78 is 0. The lowest BCUT2D eigenvalue weighted by Gasteiger charge is -2.03. The van der Waals surface area contributed by atoms with Crippen LogP contribution in [0.25, 0.3) is 10.2 Å². The lowest BCUT2D eigenvalue weighted by atomic mass is 10.1. The van der Waals surface area contributed by atoms with Crippen LogP contribution in [-0.2, 0) is 4.79 Å². The van der Waals surface area contributed by atoms with Gasteiger partial charge in [-0.15, -0.1) is 11.3 Å². The molecule has 2 rings (SSSR count). The van der Waals surface area contributed by atoms with E-state index in [1.165, 1.54) is 11.3 Å². The second-order valence-electron chi connectivity index (χ2n) is 5.07. The Balaban J connectivity index is 2.18. The van der Waals surface area contributed by atoms with Gasteiger partial charge in [-0.3, -0.25) is 9.59 Å². The van der Waals surface area contributed by atoms with Gasteiger partial charge in [0.2, 0.25) is 0 Å². The Bertz CT molecular complexity index is 706. The molecule has 0 aliphatic carbocycles. The molecule has 0 bridgehead atoms. The highest BCUT2D eigenvalue weighted by molar-refractivity contribution is 7.20. The predicted molar refractivity (Wildman–Crippen MR) is 83.0 cm³/mol. The fraction of sp³-hybridized carbons (Fsp3) is 0.400. The van der Waals surface area contributed by atoms with Gasteiger partial charge in [0.15, 0.2) is 0 Å². The second-order valence-corrected chi connectivity index (χ2v) is 6.07. The number of carbonyl (C=O) groups is 2. The Labute approximate surface area is 127 Å². The average molecular weight is 306 g/mol. The van der Waals surface area contributed by atoms with Crippen molar-refractivity contribution in [2.45, 2.75) is 33.6 Å². The van der Waals surface area contributed by atoms with E-state index in [4.69, 9.17) is 5.11 Å². The summed E-state index contributed by atoms with van der Waals surface area (Å²) in [6.45, 7) is 6.25. The molecule has 0 spiro atoms. The van der Waals surface area contributed by atoms with Crippen molar-refractivity contribution in [1.82, 2.24) is 10.3 Å². The van der Waals surface area contributed by atoms with E-state index >= 15 is 0 Å². The highest BCUT2D eigenvalue weighted by atomic mass is 32.1. The molecule has 2 heterocycles. The van der Waals surface area contributed by atoms with Crippen LogP contribution in [0, 0.1) is 20.8 Å². The van der Waals surface area contributed by atoms with Crippen molar-refractivity contribution in [3.05, 3.63) is 27.8 Å². The molecule has 1 amide bonds. The first kappa shape index (κ1) is 15.4. The predicted octanol–water partition coefficient (Wildman–Crippen LogP) is 2.82. The number of fused-ring (bicyclic) bond motifs is 1. The molecule has 6 heteroatoms. The van der Waals surface area contributed by atoms with E-state index in [-0.39, 0.29) is 12.3 Å². The van der Waals surface area contributed by atoms with E-state index in [0.29, 0.717) is 17.8 Å². The van der Waals surface area contributed by atoms with Crippen LogP contribution in [0.15, 0.2) is 6.07 Å². The van der Waals surface area contributed by atoms with E-state index in [2.05, 4.69) is 10.3 Å². The minimum atomic E-state index is -0.849. The third-order valence-corrected chi connectivity index (χ3v) is 4.47. The zero-order valence-corrected chi connectivity index (χ0v) is 13.1. The van der Waals surface area contributed by atoms with Crippen LogP contribution < -0.4 is 5.32 Å². The summed E-state index contributed by atoms with van der Waals surface area (Å²) in [6.07, 6.45) is 0.493. The highest BCUT2D eigenvalue weighted by Crippen LogP contribution is 2.32. The van der Waals surface area contributed by atoms with Crippen LogP contribution in [0.1, 0.15) is 39.3 Å². The summed E-state index contributed by atoms with van der Waals surface area (Å²) in [5, 5.41) is 12.4. The zero-order valence-electron chi connectivity index (χ0n) is 12.3. The van der Waals surface area contributed by atoms with Crippen LogP contribution in [-0.4, -0.2) is 28.5 Å². The third kappa shape index (κ3) is 3.39. The third-order valence-electron chi connectivity index (χ3n) is 3.29.